The maximum Gasteiger partial charge on any atom is 0.325 e. The van der Waals surface area contributed by atoms with Gasteiger partial charge in [-0.25, -0.2) is 0 Å². The Hall–Kier alpha value is -2.26. The number of hydrogen-bond donors (Lipinski definition) is 0. The molecule has 0 saturated carbocycles. The number of nitrogens with zero attached hydrogens (tertiary/aromatic N) is 1. The lowest BCUT2D eigenvalue weighted by atomic mass is 9.77. The van der Waals surface area contributed by atoms with Crippen molar-refractivity contribution in [2.45, 2.75) is 38.4 Å². The van der Waals surface area contributed by atoms with Crippen LogP contribution in [0.15, 0.2) is 28.7 Å². The van der Waals surface area contributed by atoms with Crippen LogP contribution >= 0.6 is 0 Å². The SMILES string of the molecule is COC(=O)[C](C(=O)OC)[C@H](c1ccc(OC)cc1)[C@@H](C)/C(=N/[S+]([O-])C(C)(C)C)OC. The van der Waals surface area contributed by atoms with Crippen molar-refractivity contribution in [3.05, 3.63) is 35.7 Å². The van der Waals surface area contributed by atoms with Crippen molar-refractivity contribution in [3.63, 3.8) is 0 Å². The molecule has 1 aromatic rings. The summed E-state index contributed by atoms with van der Waals surface area (Å²) in [5.41, 5.74) is 0.611. The lowest BCUT2D eigenvalue weighted by molar-refractivity contribution is -0.149. The molecule has 0 aromatic heterocycles. The lowest BCUT2D eigenvalue weighted by Crippen LogP contribution is -2.37. The van der Waals surface area contributed by atoms with Crippen molar-refractivity contribution >= 4 is 29.2 Å². The van der Waals surface area contributed by atoms with Gasteiger partial charge in [0.1, 0.15) is 21.9 Å². The monoisotopic (exact) mass is 440 g/mol. The highest BCUT2D eigenvalue weighted by atomic mass is 32.2. The molecule has 0 aliphatic heterocycles. The Morgan fingerprint density at radius 2 is 1.47 bits per heavy atom. The van der Waals surface area contributed by atoms with Crippen molar-refractivity contribution in [2.24, 2.45) is 10.3 Å². The standard InChI is InChI=1S/C21H30NO7S/c1-13(18(27-6)22-30(25)21(2,3)4)16(14-9-11-15(26-5)12-10-14)17(19(23)28-7)20(24)29-8/h9-13,16H,1-8H3/b22-18-/t13-,16+,30?/m1/s1. The Balaban J connectivity index is 3.58. The summed E-state index contributed by atoms with van der Waals surface area (Å²) >= 11 is -1.60. The summed E-state index contributed by atoms with van der Waals surface area (Å²) in [6.45, 7) is 7.08. The third-order valence-corrected chi connectivity index (χ3v) is 5.79. The predicted molar refractivity (Wildman–Crippen MR) is 115 cm³/mol. The quantitative estimate of drug-likeness (QED) is 0.201. The Labute approximate surface area is 181 Å². The fraction of sp³-hybridized carbons (Fsp3) is 0.524. The average Bonchev–Trinajstić information content (AvgIpc) is 2.73. The van der Waals surface area contributed by atoms with E-state index in [1.54, 1.807) is 52.0 Å². The molecule has 9 heteroatoms. The zero-order chi connectivity index (χ0) is 23.1. The number of hydrogen-bond acceptors (Lipinski definition) is 8. The Morgan fingerprint density at radius 1 is 0.967 bits per heavy atom. The summed E-state index contributed by atoms with van der Waals surface area (Å²) < 4.78 is 36.5. The first-order chi connectivity index (χ1) is 14.0. The van der Waals surface area contributed by atoms with E-state index in [9.17, 15) is 14.1 Å². The van der Waals surface area contributed by atoms with E-state index in [0.717, 1.165) is 0 Å². The molecule has 3 atom stereocenters. The molecule has 30 heavy (non-hydrogen) atoms. The van der Waals surface area contributed by atoms with E-state index in [-0.39, 0.29) is 11.8 Å². The first kappa shape index (κ1) is 25.8. The van der Waals surface area contributed by atoms with Gasteiger partial charge in [-0.15, -0.1) is 0 Å². The molecule has 0 fully saturated rings. The summed E-state index contributed by atoms with van der Waals surface area (Å²) in [6, 6.07) is 6.86. The summed E-state index contributed by atoms with van der Waals surface area (Å²) in [5.74, 6) is -2.60. The molecule has 1 rings (SSSR count). The van der Waals surface area contributed by atoms with Gasteiger partial charge in [-0.2, -0.15) is 0 Å². The molecular weight excluding hydrogens is 410 g/mol. The second-order valence-corrected chi connectivity index (χ2v) is 9.34. The number of rotatable bonds is 8. The molecule has 0 aliphatic carbocycles. The number of ether oxygens (including phenoxy) is 4. The third kappa shape index (κ3) is 6.37. The molecule has 8 nitrogen and oxygen atoms in total. The minimum atomic E-state index is -1.60. The summed E-state index contributed by atoms with van der Waals surface area (Å²) in [7, 11) is 5.30. The van der Waals surface area contributed by atoms with Crippen LogP contribution in [0.2, 0.25) is 0 Å². The van der Waals surface area contributed by atoms with Crippen molar-refractivity contribution in [3.8, 4) is 5.75 Å². The van der Waals surface area contributed by atoms with Crippen molar-refractivity contribution in [1.29, 1.82) is 0 Å². The van der Waals surface area contributed by atoms with Gasteiger partial charge in [0.2, 0.25) is 5.90 Å². The van der Waals surface area contributed by atoms with Gasteiger partial charge in [0.25, 0.3) is 0 Å². The normalized spacial score (nSPS) is 15.2. The van der Waals surface area contributed by atoms with E-state index in [4.69, 9.17) is 18.9 Å². The predicted octanol–water partition coefficient (Wildman–Crippen LogP) is 2.84. The third-order valence-electron chi connectivity index (χ3n) is 4.39. The van der Waals surface area contributed by atoms with E-state index < -0.39 is 39.9 Å². The van der Waals surface area contributed by atoms with Gasteiger partial charge in [0.05, 0.1) is 28.4 Å². The topological polar surface area (TPSA) is 106 Å². The highest BCUT2D eigenvalue weighted by molar-refractivity contribution is 7.91. The molecule has 0 bridgehead atoms. The first-order valence-electron chi connectivity index (χ1n) is 9.23. The van der Waals surface area contributed by atoms with Crippen LogP contribution in [0.3, 0.4) is 0 Å². The molecule has 0 N–H and O–H groups in total. The Morgan fingerprint density at radius 3 is 1.83 bits per heavy atom. The van der Waals surface area contributed by atoms with E-state index in [1.165, 1.54) is 28.4 Å². The number of carbonyl (C=O) groups is 2. The Bertz CT molecular complexity index is 727. The Kier molecular flexibility index (Phi) is 9.64. The molecule has 1 aromatic carbocycles. The van der Waals surface area contributed by atoms with Gasteiger partial charge in [0.15, 0.2) is 5.92 Å². The lowest BCUT2D eigenvalue weighted by Gasteiger charge is -2.29. The van der Waals surface area contributed by atoms with Gasteiger partial charge in [-0.1, -0.05) is 19.1 Å². The van der Waals surface area contributed by atoms with Gasteiger partial charge < -0.3 is 23.5 Å². The van der Waals surface area contributed by atoms with Crippen LogP contribution < -0.4 is 4.74 Å². The van der Waals surface area contributed by atoms with Gasteiger partial charge >= 0.3 is 11.9 Å². The van der Waals surface area contributed by atoms with Gasteiger partial charge in [-0.3, -0.25) is 9.59 Å². The first-order valence-corrected chi connectivity index (χ1v) is 10.3. The summed E-state index contributed by atoms with van der Waals surface area (Å²) in [6.07, 6.45) is 0. The smallest absolute Gasteiger partial charge is 0.325 e. The fourth-order valence-corrected chi connectivity index (χ4v) is 3.42. The van der Waals surface area contributed by atoms with Gasteiger partial charge in [-0.05, 0) is 42.9 Å². The minimum Gasteiger partial charge on any atom is -0.591 e. The van der Waals surface area contributed by atoms with Crippen molar-refractivity contribution in [2.75, 3.05) is 28.4 Å². The van der Waals surface area contributed by atoms with Crippen LogP contribution in [0.4, 0.5) is 0 Å². The van der Waals surface area contributed by atoms with Crippen LogP contribution in [-0.4, -0.2) is 55.6 Å². The summed E-state index contributed by atoms with van der Waals surface area (Å²) in [4.78, 5) is 25.0. The second kappa shape index (κ2) is 11.2. The van der Waals surface area contributed by atoms with Crippen LogP contribution in [0.5, 0.6) is 5.75 Å². The maximum absolute atomic E-state index is 12.6. The summed E-state index contributed by atoms with van der Waals surface area (Å²) in [5, 5.41) is 0. The largest absolute Gasteiger partial charge is 0.591 e. The highest BCUT2D eigenvalue weighted by Gasteiger charge is 2.44. The van der Waals surface area contributed by atoms with Crippen LogP contribution in [0.1, 0.15) is 39.2 Å². The number of methoxy groups -OCH3 is 4. The van der Waals surface area contributed by atoms with E-state index >= 15 is 0 Å². The molecule has 0 heterocycles. The number of carbonyl (C=O) groups excluding carboxylic acids is 2. The molecule has 167 valence electrons. The highest BCUT2D eigenvalue weighted by Crippen LogP contribution is 2.38. The van der Waals surface area contributed by atoms with E-state index in [0.29, 0.717) is 11.3 Å². The van der Waals surface area contributed by atoms with Crippen molar-refractivity contribution in [1.82, 2.24) is 0 Å². The zero-order valence-electron chi connectivity index (χ0n) is 18.7. The molecule has 1 unspecified atom stereocenters. The van der Waals surface area contributed by atoms with Gasteiger partial charge in [0, 0.05) is 11.8 Å². The van der Waals surface area contributed by atoms with Crippen LogP contribution in [-0.2, 0) is 35.2 Å². The average molecular weight is 441 g/mol. The molecule has 0 spiro atoms. The molecule has 1 radical (unpaired) electrons. The van der Waals surface area contributed by atoms with Crippen molar-refractivity contribution < 1.29 is 33.1 Å². The van der Waals surface area contributed by atoms with E-state index in [1.807, 2.05) is 0 Å². The second-order valence-electron chi connectivity index (χ2n) is 7.43. The zero-order valence-corrected chi connectivity index (χ0v) is 19.5. The van der Waals surface area contributed by atoms with E-state index in [2.05, 4.69) is 4.40 Å². The van der Waals surface area contributed by atoms with Crippen LogP contribution in [0.25, 0.3) is 0 Å². The molecule has 0 amide bonds. The molecular formula is C21H30NO7S. The fourth-order valence-electron chi connectivity index (χ4n) is 2.74. The van der Waals surface area contributed by atoms with Crippen LogP contribution in [0, 0.1) is 11.8 Å². The number of esters is 2. The number of benzene rings is 1. The molecule has 0 saturated heterocycles. The maximum atomic E-state index is 12.6. The molecule has 0 aliphatic rings. The minimum absolute atomic E-state index is 0.134.